The van der Waals surface area contributed by atoms with Gasteiger partial charge in [0.25, 0.3) is 0 Å². The molecule has 3 aromatic heterocycles. The standard InChI is InChI=1S/C64H40N2O3/c1-5-21-41(22-6-1)45-32-17-34-49-51-36-19-38-54(62(51)68-60(45)49)65(43-25-9-3-10-26-43)58-47-29-13-14-30-48(47)59(64-57(58)53-31-15-16-40-56(53)67-64)66(44-27-11-4-12-28-44)55-39-20-37-52-50-35-18-33-46(61(50)69-63(52)55)42-23-7-2-8-24-42/h1-40H. The van der Waals surface area contributed by atoms with Crippen LogP contribution >= 0.6 is 0 Å². The number of anilines is 6. The molecule has 0 bridgehead atoms. The average molecular weight is 885 g/mol. The van der Waals surface area contributed by atoms with Crippen LogP contribution < -0.4 is 9.80 Å². The monoisotopic (exact) mass is 884 g/mol. The predicted octanol–water partition coefficient (Wildman–Crippen LogP) is 18.8. The Morgan fingerprint density at radius 3 is 1.13 bits per heavy atom. The molecule has 14 aromatic rings. The van der Waals surface area contributed by atoms with Crippen molar-refractivity contribution < 1.29 is 13.3 Å². The van der Waals surface area contributed by atoms with E-state index in [1.807, 2.05) is 18.2 Å². The second kappa shape index (κ2) is 15.7. The maximum absolute atomic E-state index is 7.30. The van der Waals surface area contributed by atoms with Crippen LogP contribution in [0.1, 0.15) is 0 Å². The smallest absolute Gasteiger partial charge is 0.162 e. The van der Waals surface area contributed by atoms with E-state index in [1.54, 1.807) is 0 Å². The molecule has 11 aromatic carbocycles. The lowest BCUT2D eigenvalue weighted by molar-refractivity contribution is 0.667. The molecular formula is C64H40N2O3. The van der Waals surface area contributed by atoms with Crippen molar-refractivity contribution in [2.24, 2.45) is 0 Å². The van der Waals surface area contributed by atoms with E-state index < -0.39 is 0 Å². The number of fused-ring (bicyclic) bond motifs is 10. The third-order valence-electron chi connectivity index (χ3n) is 13.6. The van der Waals surface area contributed by atoms with Gasteiger partial charge in [0.2, 0.25) is 0 Å². The summed E-state index contributed by atoms with van der Waals surface area (Å²) < 4.78 is 21.7. The Hall–Kier alpha value is -9.32. The SMILES string of the molecule is c1ccc(-c2cccc3c2oc2c(N(c4ccccc4)c4c5ccccc5c(N(c5ccccc5)c5cccc6c5oc5c(-c7ccccc7)cccc56)c5c4oc4ccccc45)cccc23)cc1. The van der Waals surface area contributed by atoms with Gasteiger partial charge >= 0.3 is 0 Å². The van der Waals surface area contributed by atoms with E-state index in [-0.39, 0.29) is 0 Å². The highest BCUT2D eigenvalue weighted by molar-refractivity contribution is 6.29. The minimum Gasteiger partial charge on any atom is -0.454 e. The molecule has 0 aliphatic rings. The molecule has 0 amide bonds. The van der Waals surface area contributed by atoms with Crippen LogP contribution in [-0.2, 0) is 0 Å². The van der Waals surface area contributed by atoms with Gasteiger partial charge in [0.15, 0.2) is 16.7 Å². The Morgan fingerprint density at radius 1 is 0.246 bits per heavy atom. The van der Waals surface area contributed by atoms with Crippen LogP contribution in [0.5, 0.6) is 0 Å². The van der Waals surface area contributed by atoms with Crippen LogP contribution in [0.25, 0.3) is 98.8 Å². The minimum absolute atomic E-state index is 0.746. The van der Waals surface area contributed by atoms with Crippen LogP contribution in [0.2, 0.25) is 0 Å². The van der Waals surface area contributed by atoms with Crippen molar-refractivity contribution in [2.45, 2.75) is 0 Å². The molecule has 14 rings (SSSR count). The van der Waals surface area contributed by atoms with E-state index in [1.165, 1.54) is 0 Å². The molecule has 0 radical (unpaired) electrons. The lowest BCUT2D eigenvalue weighted by Crippen LogP contribution is -2.14. The van der Waals surface area contributed by atoms with E-state index in [0.29, 0.717) is 0 Å². The van der Waals surface area contributed by atoms with Crippen LogP contribution in [-0.4, -0.2) is 0 Å². The first kappa shape index (κ1) is 38.9. The molecule has 0 fully saturated rings. The fraction of sp³-hybridized carbons (Fsp3) is 0. The van der Waals surface area contributed by atoms with Gasteiger partial charge < -0.3 is 23.1 Å². The van der Waals surface area contributed by atoms with Crippen molar-refractivity contribution in [3.05, 3.63) is 243 Å². The third-order valence-corrected chi connectivity index (χ3v) is 13.6. The van der Waals surface area contributed by atoms with E-state index in [9.17, 15) is 0 Å². The molecule has 0 spiro atoms. The fourth-order valence-corrected chi connectivity index (χ4v) is 10.6. The first-order valence-corrected chi connectivity index (χ1v) is 23.3. The summed E-state index contributed by atoms with van der Waals surface area (Å²) in [5, 5.41) is 8.22. The summed E-state index contributed by atoms with van der Waals surface area (Å²) in [4.78, 5) is 4.71. The molecule has 0 aliphatic heterocycles. The maximum Gasteiger partial charge on any atom is 0.162 e. The highest BCUT2D eigenvalue weighted by atomic mass is 16.3. The summed E-state index contributed by atoms with van der Waals surface area (Å²) in [6, 6.07) is 85.1. The molecule has 0 unspecified atom stereocenters. The van der Waals surface area contributed by atoms with E-state index >= 15 is 0 Å². The zero-order chi connectivity index (χ0) is 45.4. The predicted molar refractivity (Wildman–Crippen MR) is 286 cm³/mol. The van der Waals surface area contributed by atoms with Gasteiger partial charge in [0, 0.05) is 60.2 Å². The first-order chi connectivity index (χ1) is 34.3. The number of rotatable bonds is 8. The van der Waals surface area contributed by atoms with E-state index in [4.69, 9.17) is 13.3 Å². The summed E-state index contributed by atoms with van der Waals surface area (Å²) in [6.45, 7) is 0. The maximum atomic E-state index is 7.30. The van der Waals surface area contributed by atoms with Crippen molar-refractivity contribution >= 4 is 111 Å². The average Bonchev–Trinajstić information content (AvgIpc) is 4.13. The van der Waals surface area contributed by atoms with Crippen molar-refractivity contribution in [3.63, 3.8) is 0 Å². The Balaban J connectivity index is 1.10. The van der Waals surface area contributed by atoms with E-state index in [0.717, 1.165) is 133 Å². The first-order valence-electron chi connectivity index (χ1n) is 23.3. The number of hydrogen-bond donors (Lipinski definition) is 0. The Labute approximate surface area is 396 Å². The van der Waals surface area contributed by atoms with Crippen LogP contribution in [0.3, 0.4) is 0 Å². The van der Waals surface area contributed by atoms with E-state index in [2.05, 4.69) is 234 Å². The molecule has 0 saturated heterocycles. The van der Waals surface area contributed by atoms with Gasteiger partial charge in [-0.05, 0) is 53.6 Å². The second-order valence-corrected chi connectivity index (χ2v) is 17.5. The molecule has 5 nitrogen and oxygen atoms in total. The number of furan rings is 3. The van der Waals surface area contributed by atoms with Gasteiger partial charge in [-0.25, -0.2) is 0 Å². The largest absolute Gasteiger partial charge is 0.454 e. The lowest BCUT2D eigenvalue weighted by atomic mass is 9.97. The van der Waals surface area contributed by atoms with Gasteiger partial charge in [0.05, 0.1) is 28.1 Å². The van der Waals surface area contributed by atoms with Crippen molar-refractivity contribution in [3.8, 4) is 22.3 Å². The highest BCUT2D eigenvalue weighted by Crippen LogP contribution is 2.56. The van der Waals surface area contributed by atoms with Gasteiger partial charge in [-0.1, -0.05) is 200 Å². The second-order valence-electron chi connectivity index (χ2n) is 17.5. The summed E-state index contributed by atoms with van der Waals surface area (Å²) in [6.07, 6.45) is 0. The molecular weight excluding hydrogens is 845 g/mol. The zero-order valence-electron chi connectivity index (χ0n) is 37.2. The van der Waals surface area contributed by atoms with Gasteiger partial charge in [-0.15, -0.1) is 0 Å². The zero-order valence-corrected chi connectivity index (χ0v) is 37.2. The molecule has 69 heavy (non-hydrogen) atoms. The fourth-order valence-electron chi connectivity index (χ4n) is 10.6. The molecule has 0 N–H and O–H groups in total. The normalized spacial score (nSPS) is 11.8. The summed E-state index contributed by atoms with van der Waals surface area (Å²) in [5.74, 6) is 0. The van der Waals surface area contributed by atoms with Crippen molar-refractivity contribution in [1.82, 2.24) is 0 Å². The summed E-state index contributed by atoms with van der Waals surface area (Å²) in [7, 11) is 0. The Morgan fingerprint density at radius 2 is 0.623 bits per heavy atom. The van der Waals surface area contributed by atoms with Crippen molar-refractivity contribution in [1.29, 1.82) is 0 Å². The molecule has 0 atom stereocenters. The third kappa shape index (κ3) is 6.04. The van der Waals surface area contributed by atoms with Gasteiger partial charge in [-0.2, -0.15) is 0 Å². The molecule has 324 valence electrons. The summed E-state index contributed by atoms with van der Waals surface area (Å²) in [5.41, 5.74) is 14.8. The molecule has 0 saturated carbocycles. The molecule has 5 heteroatoms. The quantitative estimate of drug-likeness (QED) is 0.142. The topological polar surface area (TPSA) is 45.9 Å². The van der Waals surface area contributed by atoms with Gasteiger partial charge in [-0.3, -0.25) is 0 Å². The lowest BCUT2D eigenvalue weighted by Gasteiger charge is -2.31. The van der Waals surface area contributed by atoms with Gasteiger partial charge in [0.1, 0.15) is 16.7 Å². The Kier molecular flexibility index (Phi) is 8.83. The number of benzene rings is 11. The van der Waals surface area contributed by atoms with Crippen LogP contribution in [0.15, 0.2) is 256 Å². The highest BCUT2D eigenvalue weighted by Gasteiger charge is 2.32. The summed E-state index contributed by atoms with van der Waals surface area (Å²) >= 11 is 0. The number of para-hydroxylation sites is 7. The number of nitrogens with zero attached hydrogens (tertiary/aromatic N) is 2. The van der Waals surface area contributed by atoms with Crippen LogP contribution in [0, 0.1) is 0 Å². The Bertz CT molecular complexity index is 4250. The molecule has 3 heterocycles. The molecule has 0 aliphatic carbocycles. The minimum atomic E-state index is 0.746. The van der Waals surface area contributed by atoms with Crippen LogP contribution in [0.4, 0.5) is 34.1 Å². The van der Waals surface area contributed by atoms with Crippen molar-refractivity contribution in [2.75, 3.05) is 9.80 Å². The number of hydrogen-bond acceptors (Lipinski definition) is 5.